The van der Waals surface area contributed by atoms with Crippen LogP contribution in [0, 0.1) is 0 Å². The fourth-order valence-corrected chi connectivity index (χ4v) is 2.23. The number of nitrogens with two attached hydrogens (primary N) is 1. The fraction of sp³-hybridized carbons (Fsp3) is 0.714. The number of ether oxygens (including phenoxy) is 2. The quantitative estimate of drug-likeness (QED) is 0.830. The van der Waals surface area contributed by atoms with E-state index in [2.05, 4.69) is 22.2 Å². The third kappa shape index (κ3) is 2.95. The predicted octanol–water partition coefficient (Wildman–Crippen LogP) is 2.27. The van der Waals surface area contributed by atoms with Crippen molar-refractivity contribution in [2.24, 2.45) is 0 Å². The predicted molar refractivity (Wildman–Crippen MR) is 76.8 cm³/mol. The first-order chi connectivity index (χ1) is 9.78. The zero-order valence-corrected chi connectivity index (χ0v) is 11.9. The number of aromatic nitrogens is 2. The van der Waals surface area contributed by atoms with Gasteiger partial charge in [0.15, 0.2) is 11.6 Å². The van der Waals surface area contributed by atoms with Gasteiger partial charge in [0.05, 0.1) is 6.61 Å². The highest BCUT2D eigenvalue weighted by Crippen LogP contribution is 2.35. The van der Waals surface area contributed by atoms with Crippen LogP contribution >= 0.6 is 0 Å². The number of nitrogen functional groups attached to an aromatic ring is 1. The third-order valence-electron chi connectivity index (χ3n) is 3.51. The van der Waals surface area contributed by atoms with Crippen LogP contribution in [0.25, 0.3) is 0 Å². The molecule has 0 aromatic carbocycles. The lowest BCUT2D eigenvalue weighted by Gasteiger charge is -2.16. The highest BCUT2D eigenvalue weighted by molar-refractivity contribution is 5.67. The van der Waals surface area contributed by atoms with Crippen molar-refractivity contribution in [2.75, 3.05) is 24.3 Å². The van der Waals surface area contributed by atoms with Crippen LogP contribution in [0.4, 0.5) is 11.5 Å². The van der Waals surface area contributed by atoms with Crippen molar-refractivity contribution in [2.45, 2.75) is 51.2 Å². The minimum absolute atomic E-state index is 0.0284. The Kier molecular flexibility index (Phi) is 3.91. The Hall–Kier alpha value is -1.56. The summed E-state index contributed by atoms with van der Waals surface area (Å²) in [7, 11) is 0. The van der Waals surface area contributed by atoms with Crippen LogP contribution in [-0.2, 0) is 4.74 Å². The maximum absolute atomic E-state index is 6.11. The summed E-state index contributed by atoms with van der Waals surface area (Å²) in [6.45, 7) is 3.44. The summed E-state index contributed by atoms with van der Waals surface area (Å²) < 4.78 is 11.3. The summed E-state index contributed by atoms with van der Waals surface area (Å²) in [5, 5.41) is 3.35. The van der Waals surface area contributed by atoms with E-state index in [1.807, 2.05) is 0 Å². The zero-order chi connectivity index (χ0) is 13.9. The number of nitrogens with one attached hydrogen (secondary N) is 1. The number of nitrogens with zero attached hydrogens (tertiary/aromatic N) is 2. The molecule has 0 amide bonds. The summed E-state index contributed by atoms with van der Waals surface area (Å²) in [6.07, 6.45) is 5.24. The Bertz CT molecular complexity index is 470. The van der Waals surface area contributed by atoms with Gasteiger partial charge < -0.3 is 20.5 Å². The molecule has 2 fully saturated rings. The third-order valence-corrected chi connectivity index (χ3v) is 3.51. The van der Waals surface area contributed by atoms with Crippen LogP contribution in [0.5, 0.6) is 5.88 Å². The molecule has 1 aromatic heterocycles. The maximum atomic E-state index is 6.11. The monoisotopic (exact) mass is 278 g/mol. The smallest absolute Gasteiger partial charge is 0.242 e. The van der Waals surface area contributed by atoms with Crippen molar-refractivity contribution in [3.05, 3.63) is 5.82 Å². The second-order valence-electron chi connectivity index (χ2n) is 5.42. The minimum Gasteiger partial charge on any atom is -0.476 e. The van der Waals surface area contributed by atoms with Crippen molar-refractivity contribution in [3.63, 3.8) is 0 Å². The molecular weight excluding hydrogens is 256 g/mol. The van der Waals surface area contributed by atoms with Gasteiger partial charge in [-0.15, -0.1) is 0 Å². The van der Waals surface area contributed by atoms with Crippen molar-refractivity contribution in [3.8, 4) is 5.88 Å². The van der Waals surface area contributed by atoms with Gasteiger partial charge in [-0.2, -0.15) is 4.98 Å². The molecule has 1 atom stereocenters. The molecule has 110 valence electrons. The largest absolute Gasteiger partial charge is 0.476 e. The molecule has 1 aliphatic heterocycles. The molecule has 2 heterocycles. The van der Waals surface area contributed by atoms with E-state index in [1.54, 1.807) is 0 Å². The SMILES string of the molecule is CCCOc1nc(C2CCCO2)nc(NC2CC2)c1N. The molecule has 1 aliphatic carbocycles. The number of rotatable bonds is 6. The molecule has 6 nitrogen and oxygen atoms in total. The topological polar surface area (TPSA) is 82.3 Å². The Balaban J connectivity index is 1.87. The Labute approximate surface area is 119 Å². The number of anilines is 2. The van der Waals surface area contributed by atoms with Crippen molar-refractivity contribution < 1.29 is 9.47 Å². The van der Waals surface area contributed by atoms with Gasteiger partial charge in [0.1, 0.15) is 11.8 Å². The molecule has 0 radical (unpaired) electrons. The van der Waals surface area contributed by atoms with E-state index in [0.717, 1.165) is 25.9 Å². The average molecular weight is 278 g/mol. The van der Waals surface area contributed by atoms with Crippen molar-refractivity contribution >= 4 is 11.5 Å². The van der Waals surface area contributed by atoms with Crippen LogP contribution < -0.4 is 15.8 Å². The van der Waals surface area contributed by atoms with Gasteiger partial charge in [0.2, 0.25) is 5.88 Å². The number of hydrogen-bond donors (Lipinski definition) is 2. The van der Waals surface area contributed by atoms with Crippen LogP contribution in [-0.4, -0.2) is 29.2 Å². The molecular formula is C14H22N4O2. The van der Waals surface area contributed by atoms with Crippen molar-refractivity contribution in [1.29, 1.82) is 0 Å². The van der Waals surface area contributed by atoms with Gasteiger partial charge >= 0.3 is 0 Å². The van der Waals surface area contributed by atoms with Gasteiger partial charge in [-0.25, -0.2) is 4.98 Å². The Morgan fingerprint density at radius 3 is 2.85 bits per heavy atom. The van der Waals surface area contributed by atoms with Crippen LogP contribution in [0.3, 0.4) is 0 Å². The first-order valence-electron chi connectivity index (χ1n) is 7.46. The molecule has 20 heavy (non-hydrogen) atoms. The summed E-state index contributed by atoms with van der Waals surface area (Å²) >= 11 is 0. The minimum atomic E-state index is -0.0284. The lowest BCUT2D eigenvalue weighted by Crippen LogP contribution is -2.14. The summed E-state index contributed by atoms with van der Waals surface area (Å²) in [5.74, 6) is 1.86. The van der Waals surface area contributed by atoms with Crippen LogP contribution in [0.2, 0.25) is 0 Å². The molecule has 1 saturated heterocycles. The van der Waals surface area contributed by atoms with E-state index in [1.165, 1.54) is 12.8 Å². The second kappa shape index (κ2) is 5.83. The van der Waals surface area contributed by atoms with Crippen LogP contribution in [0.1, 0.15) is 51.0 Å². The average Bonchev–Trinajstić information content (AvgIpc) is 3.09. The normalized spacial score (nSPS) is 21.9. The lowest BCUT2D eigenvalue weighted by atomic mass is 10.2. The molecule has 1 aromatic rings. The van der Waals surface area contributed by atoms with E-state index in [4.69, 9.17) is 15.2 Å². The highest BCUT2D eigenvalue weighted by atomic mass is 16.5. The van der Waals surface area contributed by atoms with Gasteiger partial charge in [-0.3, -0.25) is 0 Å². The van der Waals surface area contributed by atoms with Gasteiger partial charge in [0, 0.05) is 12.6 Å². The molecule has 6 heteroatoms. The Morgan fingerprint density at radius 1 is 1.35 bits per heavy atom. The molecule has 0 spiro atoms. The van der Waals surface area contributed by atoms with E-state index in [0.29, 0.717) is 35.9 Å². The summed E-state index contributed by atoms with van der Waals surface area (Å²) in [5.41, 5.74) is 6.62. The molecule has 1 unspecified atom stereocenters. The Morgan fingerprint density at radius 2 is 2.20 bits per heavy atom. The standard InChI is InChI=1S/C14H22N4O2/c1-2-7-20-14-11(15)13(16-9-5-6-9)17-12(18-14)10-4-3-8-19-10/h9-10H,2-8,15H2,1H3,(H,16,17,18). The zero-order valence-electron chi connectivity index (χ0n) is 11.9. The summed E-state index contributed by atoms with van der Waals surface area (Å²) in [4.78, 5) is 9.01. The highest BCUT2D eigenvalue weighted by Gasteiger charge is 2.27. The molecule has 1 saturated carbocycles. The van der Waals surface area contributed by atoms with Gasteiger partial charge in [0.25, 0.3) is 0 Å². The summed E-state index contributed by atoms with van der Waals surface area (Å²) in [6, 6.07) is 0.489. The van der Waals surface area contributed by atoms with Gasteiger partial charge in [-0.1, -0.05) is 6.92 Å². The fourth-order valence-electron chi connectivity index (χ4n) is 2.23. The lowest BCUT2D eigenvalue weighted by molar-refractivity contribution is 0.104. The van der Waals surface area contributed by atoms with E-state index in [9.17, 15) is 0 Å². The van der Waals surface area contributed by atoms with Crippen LogP contribution in [0.15, 0.2) is 0 Å². The van der Waals surface area contributed by atoms with E-state index >= 15 is 0 Å². The van der Waals surface area contributed by atoms with E-state index < -0.39 is 0 Å². The molecule has 0 bridgehead atoms. The molecule has 2 aliphatic rings. The van der Waals surface area contributed by atoms with E-state index in [-0.39, 0.29) is 6.10 Å². The van der Waals surface area contributed by atoms with Crippen molar-refractivity contribution in [1.82, 2.24) is 9.97 Å². The molecule has 3 rings (SSSR count). The number of hydrogen-bond acceptors (Lipinski definition) is 6. The first kappa shape index (κ1) is 13.4. The van der Waals surface area contributed by atoms with Gasteiger partial charge in [-0.05, 0) is 32.1 Å². The first-order valence-corrected chi connectivity index (χ1v) is 7.46. The maximum Gasteiger partial charge on any atom is 0.242 e. The second-order valence-corrected chi connectivity index (χ2v) is 5.42. The molecule has 3 N–H and O–H groups in total.